The van der Waals surface area contributed by atoms with Crippen molar-refractivity contribution in [2.45, 2.75) is 24.3 Å². The summed E-state index contributed by atoms with van der Waals surface area (Å²) in [5.74, 6) is 1.33. The first kappa shape index (κ1) is 19.0. The largest absolute Gasteiger partial charge is 0.508 e. The fourth-order valence-corrected chi connectivity index (χ4v) is 3.89. The van der Waals surface area contributed by atoms with Gasteiger partial charge in [-0.3, -0.25) is 0 Å². The van der Waals surface area contributed by atoms with Crippen molar-refractivity contribution in [3.63, 3.8) is 0 Å². The molecule has 0 aliphatic carbocycles. The van der Waals surface area contributed by atoms with Crippen LogP contribution in [-0.2, 0) is 12.2 Å². The zero-order valence-corrected chi connectivity index (χ0v) is 16.6. The number of phenols is 1. The summed E-state index contributed by atoms with van der Waals surface area (Å²) in [5, 5.41) is 23.4. The minimum Gasteiger partial charge on any atom is -0.508 e. The molecule has 0 bridgehead atoms. The van der Waals surface area contributed by atoms with E-state index in [1.165, 1.54) is 23.9 Å². The molecule has 8 nitrogen and oxygen atoms in total. The van der Waals surface area contributed by atoms with E-state index in [0.29, 0.717) is 22.9 Å². The Hall–Kier alpha value is -3.33. The highest BCUT2D eigenvalue weighted by atomic mass is 32.2. The lowest BCUT2D eigenvalue weighted by Crippen LogP contribution is -2.02. The van der Waals surface area contributed by atoms with Gasteiger partial charge in [0.25, 0.3) is 0 Å². The minimum absolute atomic E-state index is 0.122. The van der Waals surface area contributed by atoms with Crippen molar-refractivity contribution in [1.82, 2.24) is 20.2 Å². The molecule has 2 aromatic heterocycles. The highest BCUT2D eigenvalue weighted by Gasteiger charge is 2.14. The Balaban J connectivity index is 1.65. The average molecular weight is 410 g/mol. The molecule has 2 heterocycles. The summed E-state index contributed by atoms with van der Waals surface area (Å²) in [4.78, 5) is 12.0. The number of rotatable bonds is 6. The van der Waals surface area contributed by atoms with Gasteiger partial charge in [0.2, 0.25) is 5.16 Å². The van der Waals surface area contributed by atoms with Crippen LogP contribution in [0.25, 0.3) is 16.7 Å². The van der Waals surface area contributed by atoms with Gasteiger partial charge in [0.15, 0.2) is 0 Å². The standard InChI is InChI=1S/C20H18N4O4S/c1-3-12-8-16-13(9-19(26)28-18(16)10-17(12)25)11-29-20-21-22-23-24(20)14-4-6-15(27-2)7-5-14/h4-10,25H,3,11H2,1-2H3. The number of nitrogens with zero attached hydrogens (tertiary/aromatic N) is 4. The molecule has 29 heavy (non-hydrogen) atoms. The molecule has 148 valence electrons. The van der Waals surface area contributed by atoms with Gasteiger partial charge in [0, 0.05) is 23.3 Å². The first-order chi connectivity index (χ1) is 14.1. The van der Waals surface area contributed by atoms with E-state index in [1.807, 2.05) is 37.3 Å². The number of aryl methyl sites for hydroxylation is 1. The van der Waals surface area contributed by atoms with Crippen LogP contribution < -0.4 is 10.4 Å². The van der Waals surface area contributed by atoms with E-state index >= 15 is 0 Å². The van der Waals surface area contributed by atoms with Crippen LogP contribution in [0.3, 0.4) is 0 Å². The predicted molar refractivity (Wildman–Crippen MR) is 109 cm³/mol. The fourth-order valence-electron chi connectivity index (χ4n) is 3.01. The van der Waals surface area contributed by atoms with Gasteiger partial charge in [-0.2, -0.15) is 4.68 Å². The predicted octanol–water partition coefficient (Wildman–Crippen LogP) is 3.34. The molecule has 0 atom stereocenters. The van der Waals surface area contributed by atoms with Crippen LogP contribution in [0, 0.1) is 0 Å². The first-order valence-corrected chi connectivity index (χ1v) is 9.92. The van der Waals surface area contributed by atoms with Gasteiger partial charge in [-0.05, 0) is 58.3 Å². The number of ether oxygens (including phenoxy) is 1. The maximum absolute atomic E-state index is 12.0. The summed E-state index contributed by atoms with van der Waals surface area (Å²) in [6, 6.07) is 12.2. The average Bonchev–Trinajstić information content (AvgIpc) is 3.20. The molecule has 0 amide bonds. The van der Waals surface area contributed by atoms with E-state index in [0.717, 1.165) is 28.0 Å². The second kappa shape index (κ2) is 7.96. The normalized spacial score (nSPS) is 11.1. The number of thioether (sulfide) groups is 1. The number of methoxy groups -OCH3 is 1. The molecule has 4 aromatic rings. The lowest BCUT2D eigenvalue weighted by molar-refractivity contribution is 0.414. The zero-order chi connectivity index (χ0) is 20.4. The van der Waals surface area contributed by atoms with Gasteiger partial charge >= 0.3 is 5.63 Å². The van der Waals surface area contributed by atoms with E-state index < -0.39 is 5.63 Å². The molecule has 0 saturated heterocycles. The fraction of sp³-hybridized carbons (Fsp3) is 0.200. The Morgan fingerprint density at radius 1 is 1.17 bits per heavy atom. The lowest BCUT2D eigenvalue weighted by Gasteiger charge is -2.09. The molecule has 0 aliphatic rings. The van der Waals surface area contributed by atoms with Crippen LogP contribution in [0.1, 0.15) is 18.1 Å². The second-order valence-corrected chi connectivity index (χ2v) is 7.22. The van der Waals surface area contributed by atoms with Gasteiger partial charge < -0.3 is 14.3 Å². The Bertz CT molecular complexity index is 1220. The topological polar surface area (TPSA) is 103 Å². The summed E-state index contributed by atoms with van der Waals surface area (Å²) in [7, 11) is 1.61. The lowest BCUT2D eigenvalue weighted by atomic mass is 10.1. The number of tetrazole rings is 1. The van der Waals surface area contributed by atoms with E-state index in [-0.39, 0.29) is 5.75 Å². The first-order valence-electron chi connectivity index (χ1n) is 8.93. The number of aromatic nitrogens is 4. The van der Waals surface area contributed by atoms with Gasteiger partial charge in [-0.1, -0.05) is 18.7 Å². The highest BCUT2D eigenvalue weighted by Crippen LogP contribution is 2.30. The third-order valence-corrected chi connectivity index (χ3v) is 5.49. The number of benzene rings is 2. The highest BCUT2D eigenvalue weighted by molar-refractivity contribution is 7.98. The van der Waals surface area contributed by atoms with E-state index in [4.69, 9.17) is 9.15 Å². The van der Waals surface area contributed by atoms with E-state index in [2.05, 4.69) is 15.5 Å². The zero-order valence-electron chi connectivity index (χ0n) is 15.8. The maximum Gasteiger partial charge on any atom is 0.336 e. The molecule has 1 N–H and O–H groups in total. The minimum atomic E-state index is -0.466. The molecule has 0 unspecified atom stereocenters. The Morgan fingerprint density at radius 2 is 1.97 bits per heavy atom. The number of fused-ring (bicyclic) bond motifs is 1. The number of hydrogen-bond donors (Lipinski definition) is 1. The molecule has 0 spiro atoms. The molecule has 2 aromatic carbocycles. The third-order valence-electron chi connectivity index (χ3n) is 4.52. The molecule has 9 heteroatoms. The maximum atomic E-state index is 12.0. The van der Waals surface area contributed by atoms with Crippen molar-refractivity contribution in [2.24, 2.45) is 0 Å². The molecular formula is C20H18N4O4S. The molecule has 0 saturated carbocycles. The number of hydrogen-bond acceptors (Lipinski definition) is 8. The SMILES string of the molecule is CCc1cc2c(CSc3nnnn3-c3ccc(OC)cc3)cc(=O)oc2cc1O. The molecule has 0 radical (unpaired) electrons. The van der Waals surface area contributed by atoms with Crippen LogP contribution >= 0.6 is 11.8 Å². The Morgan fingerprint density at radius 3 is 2.69 bits per heavy atom. The van der Waals surface area contributed by atoms with Crippen LogP contribution in [0.5, 0.6) is 11.5 Å². The van der Waals surface area contributed by atoms with Crippen LogP contribution in [0.4, 0.5) is 0 Å². The van der Waals surface area contributed by atoms with Crippen molar-refractivity contribution in [3.8, 4) is 17.2 Å². The smallest absolute Gasteiger partial charge is 0.336 e. The molecule has 0 aliphatic heterocycles. The van der Waals surface area contributed by atoms with Crippen molar-refractivity contribution in [1.29, 1.82) is 0 Å². The third kappa shape index (κ3) is 3.81. The van der Waals surface area contributed by atoms with Gasteiger partial charge in [-0.15, -0.1) is 5.10 Å². The van der Waals surface area contributed by atoms with Crippen molar-refractivity contribution < 1.29 is 14.3 Å². The second-order valence-electron chi connectivity index (χ2n) is 6.28. The molecule has 0 fully saturated rings. The summed E-state index contributed by atoms with van der Waals surface area (Å²) in [6.45, 7) is 1.96. The van der Waals surface area contributed by atoms with Crippen molar-refractivity contribution in [3.05, 3.63) is 64.0 Å². The quantitative estimate of drug-likeness (QED) is 0.381. The molecule has 4 rings (SSSR count). The van der Waals surface area contributed by atoms with E-state index in [1.54, 1.807) is 11.8 Å². The monoisotopic (exact) mass is 410 g/mol. The van der Waals surface area contributed by atoms with Crippen molar-refractivity contribution >= 4 is 22.7 Å². The number of aromatic hydroxyl groups is 1. The van der Waals surface area contributed by atoms with E-state index in [9.17, 15) is 9.90 Å². The number of phenolic OH excluding ortho intramolecular Hbond substituents is 1. The van der Waals surface area contributed by atoms with Crippen LogP contribution in [0.15, 0.2) is 56.8 Å². The summed E-state index contributed by atoms with van der Waals surface area (Å²) >= 11 is 1.41. The summed E-state index contributed by atoms with van der Waals surface area (Å²) < 4.78 is 12.1. The van der Waals surface area contributed by atoms with Crippen LogP contribution in [-0.4, -0.2) is 32.4 Å². The Labute approximate surface area is 170 Å². The van der Waals surface area contributed by atoms with Gasteiger partial charge in [0.05, 0.1) is 12.8 Å². The van der Waals surface area contributed by atoms with Crippen molar-refractivity contribution in [2.75, 3.05) is 7.11 Å². The summed E-state index contributed by atoms with van der Waals surface area (Å²) in [5.41, 5.74) is 2.28. The summed E-state index contributed by atoms with van der Waals surface area (Å²) in [6.07, 6.45) is 0.670. The van der Waals surface area contributed by atoms with Gasteiger partial charge in [-0.25, -0.2) is 4.79 Å². The van der Waals surface area contributed by atoms with Gasteiger partial charge in [0.1, 0.15) is 17.1 Å². The van der Waals surface area contributed by atoms with Crippen LogP contribution in [0.2, 0.25) is 0 Å². The Kier molecular flexibility index (Phi) is 5.22. The molecular weight excluding hydrogens is 392 g/mol.